The molecule has 0 radical (unpaired) electrons. The van der Waals surface area contributed by atoms with Crippen molar-refractivity contribution in [2.75, 3.05) is 0 Å². The summed E-state index contributed by atoms with van der Waals surface area (Å²) in [4.78, 5) is 47.8. The molecule has 0 bridgehead atoms. The van der Waals surface area contributed by atoms with Crippen LogP contribution in [0.5, 0.6) is 0 Å². The van der Waals surface area contributed by atoms with Gasteiger partial charge in [0, 0.05) is 0 Å². The van der Waals surface area contributed by atoms with Crippen LogP contribution in [-0.4, -0.2) is 53.0 Å². The number of carboxylic acid groups (broad SMARTS) is 1. The van der Waals surface area contributed by atoms with E-state index in [-0.39, 0.29) is 18.3 Å². The van der Waals surface area contributed by atoms with Crippen molar-refractivity contribution in [2.24, 2.45) is 17.6 Å². The van der Waals surface area contributed by atoms with Crippen LogP contribution in [0, 0.1) is 11.8 Å². The average Bonchev–Trinajstić information content (AvgIpc) is 2.51. The first-order valence-electron chi connectivity index (χ1n) is 9.24. The van der Waals surface area contributed by atoms with E-state index in [4.69, 9.17) is 5.73 Å². The fraction of sp³-hybridized carbons (Fsp3) is 0.778. The predicted octanol–water partition coefficient (Wildman–Crippen LogP) is -0.0153. The Morgan fingerprint density at radius 2 is 1.19 bits per heavy atom. The molecule has 0 aliphatic rings. The van der Waals surface area contributed by atoms with Crippen LogP contribution in [0.3, 0.4) is 0 Å². The topological polar surface area (TPSA) is 151 Å². The Kier molecular flexibility index (Phi) is 10.6. The molecule has 27 heavy (non-hydrogen) atoms. The molecule has 0 spiro atoms. The van der Waals surface area contributed by atoms with Crippen molar-refractivity contribution in [1.82, 2.24) is 16.0 Å². The lowest BCUT2D eigenvalue weighted by Gasteiger charge is -2.24. The van der Waals surface area contributed by atoms with E-state index >= 15 is 0 Å². The highest BCUT2D eigenvalue weighted by Crippen LogP contribution is 2.07. The summed E-state index contributed by atoms with van der Waals surface area (Å²) in [6, 6.07) is -3.57. The molecule has 3 amide bonds. The van der Waals surface area contributed by atoms with E-state index < -0.39 is 47.9 Å². The maximum Gasteiger partial charge on any atom is 0.326 e. The standard InChI is InChI=1S/C18H34N4O5/c1-9(2)7-13(21-15(23)11(5)19)17(25)20-12(6)16(24)22-14(18(26)27)8-10(3)4/h9-14H,7-8,19H2,1-6H3,(H,20,25)(H,21,23)(H,22,24)(H,26,27)/t11-,12-,13+,14-/m0/s1. The first-order valence-corrected chi connectivity index (χ1v) is 9.24. The molecule has 0 saturated carbocycles. The van der Waals surface area contributed by atoms with Crippen LogP contribution in [0.2, 0.25) is 0 Å². The maximum atomic E-state index is 12.5. The van der Waals surface area contributed by atoms with Gasteiger partial charge in [-0.25, -0.2) is 4.79 Å². The summed E-state index contributed by atoms with van der Waals surface area (Å²) in [6.45, 7) is 10.5. The van der Waals surface area contributed by atoms with E-state index in [1.165, 1.54) is 13.8 Å². The molecule has 0 rings (SSSR count). The van der Waals surface area contributed by atoms with Crippen molar-refractivity contribution in [3.8, 4) is 0 Å². The summed E-state index contributed by atoms with van der Waals surface area (Å²) in [5, 5.41) is 16.7. The van der Waals surface area contributed by atoms with E-state index in [1.54, 1.807) is 0 Å². The molecule has 0 aliphatic carbocycles. The lowest BCUT2D eigenvalue weighted by molar-refractivity contribution is -0.142. The Balaban J connectivity index is 4.95. The van der Waals surface area contributed by atoms with Gasteiger partial charge in [-0.15, -0.1) is 0 Å². The van der Waals surface area contributed by atoms with Crippen LogP contribution in [0.25, 0.3) is 0 Å². The lowest BCUT2D eigenvalue weighted by Crippen LogP contribution is -2.56. The molecule has 0 aromatic heterocycles. The highest BCUT2D eigenvalue weighted by atomic mass is 16.4. The Morgan fingerprint density at radius 3 is 1.59 bits per heavy atom. The van der Waals surface area contributed by atoms with Crippen LogP contribution < -0.4 is 21.7 Å². The second-order valence-electron chi connectivity index (χ2n) is 7.74. The molecule has 6 N–H and O–H groups in total. The van der Waals surface area contributed by atoms with E-state index in [9.17, 15) is 24.3 Å². The lowest BCUT2D eigenvalue weighted by atomic mass is 10.0. The summed E-state index contributed by atoms with van der Waals surface area (Å²) in [6.07, 6.45) is 0.659. The van der Waals surface area contributed by atoms with Gasteiger partial charge in [-0.05, 0) is 38.5 Å². The smallest absolute Gasteiger partial charge is 0.326 e. The minimum Gasteiger partial charge on any atom is -0.480 e. The molecule has 9 heteroatoms. The number of nitrogens with two attached hydrogens (primary N) is 1. The molecule has 0 aliphatic heterocycles. The first-order chi connectivity index (χ1) is 12.3. The number of hydrogen-bond donors (Lipinski definition) is 5. The van der Waals surface area contributed by atoms with Gasteiger partial charge in [0.25, 0.3) is 0 Å². The van der Waals surface area contributed by atoms with Gasteiger partial charge in [-0.3, -0.25) is 14.4 Å². The Morgan fingerprint density at radius 1 is 0.741 bits per heavy atom. The fourth-order valence-corrected chi connectivity index (χ4v) is 2.38. The van der Waals surface area contributed by atoms with Crippen LogP contribution >= 0.6 is 0 Å². The van der Waals surface area contributed by atoms with E-state index in [1.807, 2.05) is 27.7 Å². The molecule has 0 saturated heterocycles. The molecule has 9 nitrogen and oxygen atoms in total. The van der Waals surface area contributed by atoms with Crippen LogP contribution in [0.4, 0.5) is 0 Å². The number of nitrogens with one attached hydrogen (secondary N) is 3. The summed E-state index contributed by atoms with van der Waals surface area (Å²) < 4.78 is 0. The summed E-state index contributed by atoms with van der Waals surface area (Å²) >= 11 is 0. The SMILES string of the molecule is CC(C)C[C@H](NC(=O)[C@H](C)NC(=O)[C@@H](CC(C)C)NC(=O)[C@H](C)N)C(=O)O. The third kappa shape index (κ3) is 9.93. The van der Waals surface area contributed by atoms with E-state index in [2.05, 4.69) is 16.0 Å². The molecule has 156 valence electrons. The number of rotatable bonds is 11. The van der Waals surface area contributed by atoms with Gasteiger partial charge in [0.2, 0.25) is 17.7 Å². The van der Waals surface area contributed by atoms with Crippen molar-refractivity contribution < 1.29 is 24.3 Å². The van der Waals surface area contributed by atoms with Crippen molar-refractivity contribution in [2.45, 2.75) is 78.6 Å². The van der Waals surface area contributed by atoms with Crippen molar-refractivity contribution in [3.05, 3.63) is 0 Å². The number of carboxylic acids is 1. The van der Waals surface area contributed by atoms with Gasteiger partial charge in [-0.2, -0.15) is 0 Å². The largest absolute Gasteiger partial charge is 0.480 e. The van der Waals surface area contributed by atoms with Crippen molar-refractivity contribution >= 4 is 23.7 Å². The highest BCUT2D eigenvalue weighted by Gasteiger charge is 2.28. The Hall–Kier alpha value is -2.16. The average molecular weight is 386 g/mol. The second kappa shape index (κ2) is 11.5. The number of carbonyl (C=O) groups excluding carboxylic acids is 3. The molecule has 0 unspecified atom stereocenters. The molecule has 0 heterocycles. The normalized spacial score (nSPS) is 15.6. The zero-order valence-electron chi connectivity index (χ0n) is 17.0. The zero-order chi connectivity index (χ0) is 21.3. The van der Waals surface area contributed by atoms with Gasteiger partial charge in [0.1, 0.15) is 18.1 Å². The number of carbonyl (C=O) groups is 4. The number of aliphatic carboxylic acids is 1. The maximum absolute atomic E-state index is 12.5. The fourth-order valence-electron chi connectivity index (χ4n) is 2.38. The van der Waals surface area contributed by atoms with Gasteiger partial charge in [0.15, 0.2) is 0 Å². The van der Waals surface area contributed by atoms with Gasteiger partial charge < -0.3 is 26.8 Å². The van der Waals surface area contributed by atoms with E-state index in [0.29, 0.717) is 6.42 Å². The molecule has 4 atom stereocenters. The van der Waals surface area contributed by atoms with Gasteiger partial charge in [-0.1, -0.05) is 27.7 Å². The van der Waals surface area contributed by atoms with Crippen LogP contribution in [0.15, 0.2) is 0 Å². The van der Waals surface area contributed by atoms with Crippen molar-refractivity contribution in [3.63, 3.8) is 0 Å². The summed E-state index contributed by atoms with van der Waals surface area (Å²) in [5.41, 5.74) is 5.52. The van der Waals surface area contributed by atoms with Crippen molar-refractivity contribution in [1.29, 1.82) is 0 Å². The first kappa shape index (κ1) is 24.8. The van der Waals surface area contributed by atoms with Gasteiger partial charge >= 0.3 is 5.97 Å². The minimum absolute atomic E-state index is 0.0835. The van der Waals surface area contributed by atoms with Crippen LogP contribution in [-0.2, 0) is 19.2 Å². The molecular weight excluding hydrogens is 352 g/mol. The van der Waals surface area contributed by atoms with E-state index in [0.717, 1.165) is 0 Å². The number of amides is 3. The molecule has 0 aromatic rings. The Bertz CT molecular complexity index is 534. The van der Waals surface area contributed by atoms with Gasteiger partial charge in [0.05, 0.1) is 6.04 Å². The predicted molar refractivity (Wildman–Crippen MR) is 102 cm³/mol. The number of hydrogen-bond acceptors (Lipinski definition) is 5. The second-order valence-corrected chi connectivity index (χ2v) is 7.74. The molecular formula is C18H34N4O5. The Labute approximate surface area is 160 Å². The third-order valence-corrected chi connectivity index (χ3v) is 3.83. The molecule has 0 fully saturated rings. The highest BCUT2D eigenvalue weighted by molar-refractivity contribution is 5.93. The summed E-state index contributed by atoms with van der Waals surface area (Å²) in [5.74, 6) is -2.50. The minimum atomic E-state index is -1.13. The monoisotopic (exact) mass is 386 g/mol. The molecule has 0 aromatic carbocycles. The zero-order valence-corrected chi connectivity index (χ0v) is 17.0. The van der Waals surface area contributed by atoms with Crippen LogP contribution in [0.1, 0.15) is 54.4 Å². The summed E-state index contributed by atoms with van der Waals surface area (Å²) in [7, 11) is 0. The third-order valence-electron chi connectivity index (χ3n) is 3.83. The quantitative estimate of drug-likeness (QED) is 0.337.